The molecule has 2 heterocycles. The van der Waals surface area contributed by atoms with Crippen LogP contribution in [0.2, 0.25) is 0 Å². The van der Waals surface area contributed by atoms with Crippen LogP contribution in [0.15, 0.2) is 18.2 Å². The van der Waals surface area contributed by atoms with Crippen molar-refractivity contribution in [3.63, 3.8) is 0 Å². The SMILES string of the molecule is COc1ccc2c(NCCCC[NH+]3CC[NH+](C)CC3)nc(C(F)(F)F)nc2c1. The number of piperazine rings is 1. The van der Waals surface area contributed by atoms with Crippen LogP contribution in [0.3, 0.4) is 0 Å². The van der Waals surface area contributed by atoms with Gasteiger partial charge in [0.1, 0.15) is 37.7 Å². The van der Waals surface area contributed by atoms with E-state index in [9.17, 15) is 13.2 Å². The summed E-state index contributed by atoms with van der Waals surface area (Å²) in [6.07, 6.45) is -2.68. The molecule has 6 nitrogen and oxygen atoms in total. The van der Waals surface area contributed by atoms with Crippen molar-refractivity contribution < 1.29 is 27.7 Å². The van der Waals surface area contributed by atoms with Crippen LogP contribution < -0.4 is 19.9 Å². The number of methoxy groups -OCH3 is 1. The van der Waals surface area contributed by atoms with Crippen LogP contribution in [0, 0.1) is 0 Å². The van der Waals surface area contributed by atoms with E-state index in [0.717, 1.165) is 19.4 Å². The molecule has 1 aromatic carbocycles. The first-order chi connectivity index (χ1) is 13.4. The summed E-state index contributed by atoms with van der Waals surface area (Å²) < 4.78 is 44.6. The van der Waals surface area contributed by atoms with Crippen molar-refractivity contribution in [1.82, 2.24) is 9.97 Å². The average molecular weight is 399 g/mol. The first-order valence-corrected chi connectivity index (χ1v) is 9.68. The Bertz CT molecular complexity index is 791. The number of likely N-dealkylation sites (N-methyl/N-ethyl adjacent to an activating group) is 1. The van der Waals surface area contributed by atoms with Crippen molar-refractivity contribution in [2.75, 3.05) is 58.7 Å². The van der Waals surface area contributed by atoms with E-state index in [1.54, 1.807) is 21.9 Å². The molecule has 0 spiro atoms. The molecule has 1 aliphatic rings. The number of hydrogen-bond acceptors (Lipinski definition) is 4. The van der Waals surface area contributed by atoms with Gasteiger partial charge in [0.05, 0.1) is 26.2 Å². The first-order valence-electron chi connectivity index (χ1n) is 9.68. The van der Waals surface area contributed by atoms with Crippen molar-refractivity contribution in [2.45, 2.75) is 19.0 Å². The van der Waals surface area contributed by atoms with Crippen molar-refractivity contribution in [3.05, 3.63) is 24.0 Å². The smallest absolute Gasteiger partial charge is 0.451 e. The minimum atomic E-state index is -4.60. The molecule has 1 aromatic heterocycles. The lowest BCUT2D eigenvalue weighted by Gasteiger charge is -2.27. The Hall–Kier alpha value is -2.13. The van der Waals surface area contributed by atoms with E-state index in [2.05, 4.69) is 22.3 Å². The molecule has 0 bridgehead atoms. The fourth-order valence-corrected chi connectivity index (χ4v) is 3.49. The summed E-state index contributed by atoms with van der Waals surface area (Å²) in [4.78, 5) is 10.6. The van der Waals surface area contributed by atoms with E-state index >= 15 is 0 Å². The van der Waals surface area contributed by atoms with Gasteiger partial charge in [-0.05, 0) is 25.0 Å². The summed E-state index contributed by atoms with van der Waals surface area (Å²) in [6, 6.07) is 4.88. The Morgan fingerprint density at radius 2 is 1.86 bits per heavy atom. The summed E-state index contributed by atoms with van der Waals surface area (Å²) in [7, 11) is 3.69. The number of fused-ring (bicyclic) bond motifs is 1. The van der Waals surface area contributed by atoms with Crippen molar-refractivity contribution >= 4 is 16.7 Å². The Balaban J connectivity index is 1.63. The standard InChI is InChI=1S/C19H26F3N5O/c1-26-9-11-27(12-10-26)8-4-3-7-23-17-15-6-5-14(28-2)13-16(15)24-18(25-17)19(20,21)22/h5-6,13H,3-4,7-12H2,1-2H3,(H,23,24,25)/p+2. The molecule has 0 aliphatic carbocycles. The van der Waals surface area contributed by atoms with Gasteiger partial charge in [0.25, 0.3) is 0 Å². The maximum atomic E-state index is 13.2. The number of halogens is 3. The number of benzene rings is 1. The molecule has 0 unspecified atom stereocenters. The second kappa shape index (κ2) is 8.91. The van der Waals surface area contributed by atoms with Crippen LogP contribution in [0.1, 0.15) is 18.7 Å². The number of quaternary nitrogens is 2. The summed E-state index contributed by atoms with van der Waals surface area (Å²) in [5.41, 5.74) is 0.216. The summed E-state index contributed by atoms with van der Waals surface area (Å²) in [5, 5.41) is 3.63. The number of aromatic nitrogens is 2. The van der Waals surface area contributed by atoms with Gasteiger partial charge in [0.15, 0.2) is 0 Å². The Labute approximate surface area is 162 Å². The highest BCUT2D eigenvalue weighted by atomic mass is 19.4. The molecule has 3 N–H and O–H groups in total. The van der Waals surface area contributed by atoms with Gasteiger partial charge in [-0.1, -0.05) is 0 Å². The highest BCUT2D eigenvalue weighted by Crippen LogP contribution is 2.31. The van der Waals surface area contributed by atoms with Crippen molar-refractivity contribution in [1.29, 1.82) is 0 Å². The third-order valence-electron chi connectivity index (χ3n) is 5.22. The van der Waals surface area contributed by atoms with Gasteiger partial charge in [-0.3, -0.25) is 0 Å². The quantitative estimate of drug-likeness (QED) is 0.585. The van der Waals surface area contributed by atoms with Crippen LogP contribution in [0.4, 0.5) is 19.0 Å². The lowest BCUT2D eigenvalue weighted by Crippen LogP contribution is -3.27. The van der Waals surface area contributed by atoms with Gasteiger partial charge in [-0.2, -0.15) is 13.2 Å². The predicted molar refractivity (Wildman–Crippen MR) is 101 cm³/mol. The lowest BCUT2D eigenvalue weighted by molar-refractivity contribution is -1.00. The minimum absolute atomic E-state index is 0.216. The largest absolute Gasteiger partial charge is 0.497 e. The highest BCUT2D eigenvalue weighted by molar-refractivity contribution is 5.90. The van der Waals surface area contributed by atoms with Gasteiger partial charge in [0.2, 0.25) is 5.82 Å². The fourth-order valence-electron chi connectivity index (χ4n) is 3.49. The number of nitrogens with one attached hydrogen (secondary N) is 3. The molecule has 3 rings (SSSR count). The molecule has 0 radical (unpaired) electrons. The molecule has 9 heteroatoms. The number of anilines is 1. The Kier molecular flexibility index (Phi) is 6.56. The molecule has 154 valence electrons. The monoisotopic (exact) mass is 399 g/mol. The first kappa shape index (κ1) is 20.6. The van der Waals surface area contributed by atoms with Gasteiger partial charge >= 0.3 is 6.18 Å². The summed E-state index contributed by atoms with van der Waals surface area (Å²) in [6.45, 7) is 6.45. The summed E-state index contributed by atoms with van der Waals surface area (Å²) in [5.74, 6) is -0.460. The van der Waals surface area contributed by atoms with E-state index in [-0.39, 0.29) is 11.3 Å². The third kappa shape index (κ3) is 5.23. The molecule has 1 saturated heterocycles. The second-order valence-electron chi connectivity index (χ2n) is 7.37. The van der Waals surface area contributed by atoms with E-state index < -0.39 is 12.0 Å². The number of unbranched alkanes of at least 4 members (excludes halogenated alkanes) is 1. The molecular formula is C19H28F3N5O+2. The number of ether oxygens (including phenoxy) is 1. The zero-order chi connectivity index (χ0) is 20.1. The molecule has 0 amide bonds. The molecule has 0 saturated carbocycles. The van der Waals surface area contributed by atoms with E-state index in [0.29, 0.717) is 17.7 Å². The summed E-state index contributed by atoms with van der Waals surface area (Å²) >= 11 is 0. The van der Waals surface area contributed by atoms with Gasteiger partial charge < -0.3 is 19.9 Å². The van der Waals surface area contributed by atoms with Gasteiger partial charge in [0, 0.05) is 18.0 Å². The van der Waals surface area contributed by atoms with Crippen LogP contribution in [-0.4, -0.2) is 63.4 Å². The molecular weight excluding hydrogens is 371 g/mol. The topological polar surface area (TPSA) is 55.9 Å². The molecule has 1 fully saturated rings. The van der Waals surface area contributed by atoms with Crippen molar-refractivity contribution in [2.24, 2.45) is 0 Å². The molecule has 0 atom stereocenters. The number of alkyl halides is 3. The number of hydrogen-bond donors (Lipinski definition) is 3. The van der Waals surface area contributed by atoms with Crippen LogP contribution in [0.25, 0.3) is 10.9 Å². The lowest BCUT2D eigenvalue weighted by atomic mass is 10.2. The van der Waals surface area contributed by atoms with E-state index in [1.165, 1.54) is 39.4 Å². The van der Waals surface area contributed by atoms with Gasteiger partial charge in [-0.25, -0.2) is 9.97 Å². The minimum Gasteiger partial charge on any atom is -0.497 e. The Morgan fingerprint density at radius 1 is 1.11 bits per heavy atom. The molecule has 2 aromatic rings. The zero-order valence-corrected chi connectivity index (χ0v) is 16.3. The average Bonchev–Trinajstić information content (AvgIpc) is 2.67. The van der Waals surface area contributed by atoms with Crippen molar-refractivity contribution in [3.8, 4) is 5.75 Å². The van der Waals surface area contributed by atoms with Crippen LogP contribution in [0.5, 0.6) is 5.75 Å². The van der Waals surface area contributed by atoms with E-state index in [4.69, 9.17) is 4.74 Å². The van der Waals surface area contributed by atoms with Gasteiger partial charge in [-0.15, -0.1) is 0 Å². The molecule has 1 aliphatic heterocycles. The normalized spacial score (nSPS) is 20.3. The zero-order valence-electron chi connectivity index (χ0n) is 16.3. The predicted octanol–water partition coefficient (Wildman–Crippen LogP) is 0.263. The highest BCUT2D eigenvalue weighted by Gasteiger charge is 2.35. The Morgan fingerprint density at radius 3 is 2.54 bits per heavy atom. The maximum absolute atomic E-state index is 13.2. The number of nitrogens with zero attached hydrogens (tertiary/aromatic N) is 2. The molecule has 28 heavy (non-hydrogen) atoms. The van der Waals surface area contributed by atoms with Crippen LogP contribution in [-0.2, 0) is 6.18 Å². The maximum Gasteiger partial charge on any atom is 0.451 e. The third-order valence-corrected chi connectivity index (χ3v) is 5.22. The van der Waals surface area contributed by atoms with E-state index in [1.807, 2.05) is 0 Å². The fraction of sp³-hybridized carbons (Fsp3) is 0.579. The second-order valence-corrected chi connectivity index (χ2v) is 7.37. The van der Waals surface area contributed by atoms with Crippen LogP contribution >= 0.6 is 0 Å². The number of rotatable bonds is 7.